The number of hydrogen-bond acceptors (Lipinski definition) is 2. The molecule has 1 aromatic rings. The molecular weight excluding hydrogens is 262 g/mol. The van der Waals surface area contributed by atoms with Crippen LogP contribution in [0.4, 0.5) is 0 Å². The van der Waals surface area contributed by atoms with E-state index in [1.54, 1.807) is 12.1 Å². The summed E-state index contributed by atoms with van der Waals surface area (Å²) >= 11 is 0. The van der Waals surface area contributed by atoms with E-state index in [2.05, 4.69) is 11.9 Å². The summed E-state index contributed by atoms with van der Waals surface area (Å²) in [5.41, 5.74) is 1.55. The van der Waals surface area contributed by atoms with Crippen molar-refractivity contribution in [2.75, 3.05) is 7.05 Å². The van der Waals surface area contributed by atoms with Crippen molar-refractivity contribution in [3.05, 3.63) is 35.4 Å². The molecule has 3 nitrogen and oxygen atoms in total. The molecule has 4 heteroatoms. The highest BCUT2D eigenvalue weighted by Gasteiger charge is 2.17. The number of carboxylic acids is 1. The zero-order chi connectivity index (χ0) is 13.0. The number of nitrogens with zero attached hydrogens (tertiary/aromatic N) is 1. The quantitative estimate of drug-likeness (QED) is 0.918. The fourth-order valence-corrected chi connectivity index (χ4v) is 2.69. The molecule has 19 heavy (non-hydrogen) atoms. The van der Waals surface area contributed by atoms with Crippen LogP contribution in [0.2, 0.25) is 0 Å². The lowest BCUT2D eigenvalue weighted by Crippen LogP contribution is -2.32. The van der Waals surface area contributed by atoms with Crippen LogP contribution >= 0.6 is 12.4 Å². The third kappa shape index (κ3) is 4.51. The van der Waals surface area contributed by atoms with Gasteiger partial charge in [-0.3, -0.25) is 4.90 Å². The zero-order valence-corrected chi connectivity index (χ0v) is 12.2. The summed E-state index contributed by atoms with van der Waals surface area (Å²) in [6.45, 7) is 0.907. The Labute approximate surface area is 121 Å². The normalized spacial score (nSPS) is 16.1. The maximum atomic E-state index is 10.8. The summed E-state index contributed by atoms with van der Waals surface area (Å²) in [6, 6.07) is 7.91. The molecule has 1 fully saturated rings. The van der Waals surface area contributed by atoms with Gasteiger partial charge in [0.2, 0.25) is 0 Å². The highest BCUT2D eigenvalue weighted by molar-refractivity contribution is 5.87. The van der Waals surface area contributed by atoms with Crippen molar-refractivity contribution in [2.45, 2.75) is 44.7 Å². The van der Waals surface area contributed by atoms with E-state index in [0.29, 0.717) is 11.6 Å². The number of benzene rings is 1. The molecule has 0 unspecified atom stereocenters. The minimum atomic E-state index is -0.859. The van der Waals surface area contributed by atoms with Crippen LogP contribution in [0.5, 0.6) is 0 Å². The smallest absolute Gasteiger partial charge is 0.335 e. The lowest BCUT2D eigenvalue weighted by Gasteiger charge is -2.31. The Morgan fingerprint density at radius 3 is 2.32 bits per heavy atom. The molecule has 0 radical (unpaired) electrons. The van der Waals surface area contributed by atoms with E-state index in [0.717, 1.165) is 6.54 Å². The van der Waals surface area contributed by atoms with Crippen molar-refractivity contribution in [1.29, 1.82) is 0 Å². The van der Waals surface area contributed by atoms with E-state index in [9.17, 15) is 4.79 Å². The first-order valence-electron chi connectivity index (χ1n) is 6.69. The van der Waals surface area contributed by atoms with Crippen molar-refractivity contribution in [3.8, 4) is 0 Å². The molecule has 0 bridgehead atoms. The van der Waals surface area contributed by atoms with Crippen LogP contribution in [0.3, 0.4) is 0 Å². The van der Waals surface area contributed by atoms with Crippen molar-refractivity contribution < 1.29 is 9.90 Å². The fourth-order valence-electron chi connectivity index (χ4n) is 2.69. The van der Waals surface area contributed by atoms with Crippen LogP contribution in [0, 0.1) is 0 Å². The first-order chi connectivity index (χ1) is 8.66. The molecule has 0 spiro atoms. The number of carbonyl (C=O) groups is 1. The molecule has 0 atom stereocenters. The van der Waals surface area contributed by atoms with Gasteiger partial charge in [0.05, 0.1) is 5.56 Å². The molecule has 1 N–H and O–H groups in total. The van der Waals surface area contributed by atoms with Gasteiger partial charge in [-0.15, -0.1) is 12.4 Å². The number of carboxylic acid groups (broad SMARTS) is 1. The molecule has 1 aromatic carbocycles. The van der Waals surface area contributed by atoms with Gasteiger partial charge in [0.15, 0.2) is 0 Å². The van der Waals surface area contributed by atoms with E-state index < -0.39 is 5.97 Å². The Balaban J connectivity index is 0.00000180. The monoisotopic (exact) mass is 283 g/mol. The summed E-state index contributed by atoms with van der Waals surface area (Å²) in [4.78, 5) is 13.2. The maximum absolute atomic E-state index is 10.8. The highest BCUT2D eigenvalue weighted by Crippen LogP contribution is 2.22. The zero-order valence-electron chi connectivity index (χ0n) is 11.3. The van der Waals surface area contributed by atoms with E-state index in [1.807, 2.05) is 12.1 Å². The Morgan fingerprint density at radius 2 is 1.79 bits per heavy atom. The molecule has 0 aromatic heterocycles. The summed E-state index contributed by atoms with van der Waals surface area (Å²) in [5, 5.41) is 8.85. The van der Waals surface area contributed by atoms with Crippen LogP contribution in [0.1, 0.15) is 48.0 Å². The summed E-state index contributed by atoms with van der Waals surface area (Å²) < 4.78 is 0. The van der Waals surface area contributed by atoms with Gasteiger partial charge in [-0.2, -0.15) is 0 Å². The Bertz CT molecular complexity index is 399. The van der Waals surface area contributed by atoms with Gasteiger partial charge < -0.3 is 5.11 Å². The summed E-state index contributed by atoms with van der Waals surface area (Å²) in [7, 11) is 2.17. The number of aromatic carboxylic acids is 1. The number of halogens is 1. The second kappa shape index (κ2) is 7.51. The second-order valence-electron chi connectivity index (χ2n) is 5.21. The predicted molar refractivity (Wildman–Crippen MR) is 79.0 cm³/mol. The van der Waals surface area contributed by atoms with Gasteiger partial charge in [0, 0.05) is 12.6 Å². The predicted octanol–water partition coefficient (Wildman–Crippen LogP) is 3.57. The summed E-state index contributed by atoms with van der Waals surface area (Å²) in [5.74, 6) is -0.859. The molecular formula is C15H22ClNO2. The van der Waals surface area contributed by atoms with E-state index in [4.69, 9.17) is 5.11 Å². The molecule has 106 valence electrons. The molecule has 1 aliphatic carbocycles. The van der Waals surface area contributed by atoms with Crippen molar-refractivity contribution in [2.24, 2.45) is 0 Å². The van der Waals surface area contributed by atoms with E-state index >= 15 is 0 Å². The van der Waals surface area contributed by atoms with Gasteiger partial charge in [-0.25, -0.2) is 4.79 Å². The third-order valence-electron chi connectivity index (χ3n) is 3.83. The standard InChI is InChI=1S/C15H21NO2.ClH/c1-16(14-5-3-2-4-6-14)11-12-7-9-13(10-8-12)15(17)18;/h7-10,14H,2-6,11H2,1H3,(H,17,18);1H. The van der Waals surface area contributed by atoms with Crippen molar-refractivity contribution >= 4 is 18.4 Å². The molecule has 0 amide bonds. The Kier molecular flexibility index (Phi) is 6.32. The topological polar surface area (TPSA) is 40.5 Å². The van der Waals surface area contributed by atoms with Gasteiger partial charge in [0.25, 0.3) is 0 Å². The average molecular weight is 284 g/mol. The summed E-state index contributed by atoms with van der Waals surface area (Å²) in [6.07, 6.45) is 6.64. The van der Waals surface area contributed by atoms with Gasteiger partial charge in [-0.05, 0) is 37.6 Å². The first kappa shape index (κ1) is 16.0. The molecule has 2 rings (SSSR count). The largest absolute Gasteiger partial charge is 0.478 e. The van der Waals surface area contributed by atoms with Crippen molar-refractivity contribution in [3.63, 3.8) is 0 Å². The van der Waals surface area contributed by atoms with Crippen LogP contribution in [-0.4, -0.2) is 29.1 Å². The highest BCUT2D eigenvalue weighted by atomic mass is 35.5. The van der Waals surface area contributed by atoms with Gasteiger partial charge >= 0.3 is 5.97 Å². The fraction of sp³-hybridized carbons (Fsp3) is 0.533. The van der Waals surface area contributed by atoms with Crippen molar-refractivity contribution in [1.82, 2.24) is 4.90 Å². The van der Waals surface area contributed by atoms with Crippen LogP contribution < -0.4 is 0 Å². The van der Waals surface area contributed by atoms with Gasteiger partial charge in [-0.1, -0.05) is 31.4 Å². The molecule has 0 aliphatic heterocycles. The average Bonchev–Trinajstić information content (AvgIpc) is 2.40. The molecule has 1 saturated carbocycles. The van der Waals surface area contributed by atoms with Crippen LogP contribution in [0.25, 0.3) is 0 Å². The molecule has 1 aliphatic rings. The van der Waals surface area contributed by atoms with Crippen LogP contribution in [-0.2, 0) is 6.54 Å². The van der Waals surface area contributed by atoms with E-state index in [1.165, 1.54) is 37.7 Å². The first-order valence-corrected chi connectivity index (χ1v) is 6.69. The number of hydrogen-bond donors (Lipinski definition) is 1. The molecule has 0 saturated heterocycles. The third-order valence-corrected chi connectivity index (χ3v) is 3.83. The Morgan fingerprint density at radius 1 is 1.21 bits per heavy atom. The molecule has 0 heterocycles. The second-order valence-corrected chi connectivity index (χ2v) is 5.21. The van der Waals surface area contributed by atoms with Gasteiger partial charge in [0.1, 0.15) is 0 Å². The lowest BCUT2D eigenvalue weighted by molar-refractivity contribution is 0.0697. The van der Waals surface area contributed by atoms with Crippen LogP contribution in [0.15, 0.2) is 24.3 Å². The minimum absolute atomic E-state index is 0. The minimum Gasteiger partial charge on any atom is -0.478 e. The SMILES string of the molecule is CN(Cc1ccc(C(=O)O)cc1)C1CCCCC1.Cl. The maximum Gasteiger partial charge on any atom is 0.335 e. The number of rotatable bonds is 4. The lowest BCUT2D eigenvalue weighted by atomic mass is 9.94. The van der Waals surface area contributed by atoms with E-state index in [-0.39, 0.29) is 12.4 Å². The Hall–Kier alpha value is -1.06.